The summed E-state index contributed by atoms with van der Waals surface area (Å²) in [5, 5.41) is 3.22. The first-order chi connectivity index (χ1) is 10.1. The molecule has 1 atom stereocenters. The Labute approximate surface area is 126 Å². The topological polar surface area (TPSA) is 94.0 Å². The molecule has 0 bridgehead atoms. The van der Waals surface area contributed by atoms with Gasteiger partial charge >= 0.3 is 6.18 Å². The number of carbonyl (C=O) groups excluding carboxylic acids is 1. The Balaban J connectivity index is 2.15. The number of rotatable bonds is 4. The van der Waals surface area contributed by atoms with E-state index < -0.39 is 33.8 Å². The van der Waals surface area contributed by atoms with Crippen LogP contribution in [0.3, 0.4) is 0 Å². The molecule has 0 spiro atoms. The lowest BCUT2D eigenvalue weighted by molar-refractivity contribution is -0.142. The van der Waals surface area contributed by atoms with Crippen LogP contribution >= 0.6 is 11.3 Å². The molecule has 0 saturated carbocycles. The highest BCUT2D eigenvalue weighted by Crippen LogP contribution is 2.27. The molecule has 2 aromatic heterocycles. The summed E-state index contributed by atoms with van der Waals surface area (Å²) < 4.78 is 63.3. The number of alkyl halides is 3. The van der Waals surface area contributed by atoms with Crippen molar-refractivity contribution in [3.8, 4) is 0 Å². The van der Waals surface area contributed by atoms with E-state index in [0.29, 0.717) is 6.07 Å². The second-order valence-corrected chi connectivity index (χ2v) is 6.94. The summed E-state index contributed by atoms with van der Waals surface area (Å²) in [4.78, 5) is 15.4. The SMILES string of the molecule is CC(C(=O)NS(=O)(=O)c1cncs1)n1ccc(C(F)(F)F)n1. The number of hydrogen-bond acceptors (Lipinski definition) is 6. The molecule has 120 valence electrons. The second-order valence-electron chi connectivity index (χ2n) is 4.14. The van der Waals surface area contributed by atoms with Crippen molar-refractivity contribution in [1.29, 1.82) is 0 Å². The summed E-state index contributed by atoms with van der Waals surface area (Å²) in [6, 6.07) is -0.541. The second kappa shape index (κ2) is 5.68. The van der Waals surface area contributed by atoms with Crippen molar-refractivity contribution in [3.63, 3.8) is 0 Å². The highest BCUT2D eigenvalue weighted by molar-refractivity contribution is 7.92. The lowest BCUT2D eigenvalue weighted by Gasteiger charge is -2.12. The maximum absolute atomic E-state index is 12.4. The molecule has 0 saturated heterocycles. The van der Waals surface area contributed by atoms with Gasteiger partial charge in [-0.25, -0.2) is 13.1 Å². The van der Waals surface area contributed by atoms with E-state index in [1.54, 1.807) is 4.72 Å². The third-order valence-corrected chi connectivity index (χ3v) is 5.20. The van der Waals surface area contributed by atoms with Gasteiger partial charge in [-0.2, -0.15) is 18.3 Å². The maximum Gasteiger partial charge on any atom is 0.435 e. The molecule has 0 aromatic carbocycles. The molecular formula is C10H9F3N4O3S2. The van der Waals surface area contributed by atoms with E-state index in [-0.39, 0.29) is 4.21 Å². The number of carbonyl (C=O) groups is 1. The molecule has 0 aliphatic carbocycles. The summed E-state index contributed by atoms with van der Waals surface area (Å²) in [7, 11) is -4.10. The fraction of sp³-hybridized carbons (Fsp3) is 0.300. The quantitative estimate of drug-likeness (QED) is 0.896. The summed E-state index contributed by atoms with van der Waals surface area (Å²) in [6.45, 7) is 1.23. The predicted octanol–water partition coefficient (Wildman–Crippen LogP) is 1.42. The van der Waals surface area contributed by atoms with Crippen LogP contribution in [0, 0.1) is 0 Å². The highest BCUT2D eigenvalue weighted by Gasteiger charge is 2.34. The van der Waals surface area contributed by atoms with E-state index in [2.05, 4.69) is 10.1 Å². The number of aromatic nitrogens is 3. The number of thiazole rings is 1. The van der Waals surface area contributed by atoms with Gasteiger partial charge < -0.3 is 0 Å². The third-order valence-electron chi connectivity index (χ3n) is 2.58. The van der Waals surface area contributed by atoms with Gasteiger partial charge in [0.25, 0.3) is 15.9 Å². The van der Waals surface area contributed by atoms with Crippen LogP contribution in [0.5, 0.6) is 0 Å². The minimum atomic E-state index is -4.64. The minimum Gasteiger partial charge on any atom is -0.272 e. The molecule has 22 heavy (non-hydrogen) atoms. The summed E-state index contributed by atoms with van der Waals surface area (Å²) in [6.07, 6.45) is -2.64. The zero-order valence-electron chi connectivity index (χ0n) is 10.9. The first-order valence-electron chi connectivity index (χ1n) is 5.69. The van der Waals surface area contributed by atoms with Crippen molar-refractivity contribution >= 4 is 27.3 Å². The lowest BCUT2D eigenvalue weighted by atomic mass is 10.3. The van der Waals surface area contributed by atoms with E-state index in [1.807, 2.05) is 0 Å². The van der Waals surface area contributed by atoms with Gasteiger partial charge in [0, 0.05) is 6.20 Å². The average molecular weight is 354 g/mol. The first-order valence-corrected chi connectivity index (χ1v) is 8.05. The Morgan fingerprint density at radius 3 is 2.64 bits per heavy atom. The van der Waals surface area contributed by atoms with E-state index in [4.69, 9.17) is 0 Å². The van der Waals surface area contributed by atoms with Crippen LogP contribution in [0.4, 0.5) is 13.2 Å². The molecule has 1 unspecified atom stereocenters. The maximum atomic E-state index is 12.4. The largest absolute Gasteiger partial charge is 0.435 e. The van der Waals surface area contributed by atoms with Gasteiger partial charge in [-0.1, -0.05) is 0 Å². The Hall–Kier alpha value is -1.95. The number of halogens is 3. The number of nitrogens with zero attached hydrogens (tertiary/aromatic N) is 3. The monoisotopic (exact) mass is 354 g/mol. The van der Waals surface area contributed by atoms with E-state index >= 15 is 0 Å². The van der Waals surface area contributed by atoms with Crippen LogP contribution < -0.4 is 4.72 Å². The molecule has 2 heterocycles. The molecule has 2 aromatic rings. The Bertz CT molecular complexity index is 768. The average Bonchev–Trinajstić information content (AvgIpc) is 3.08. The van der Waals surface area contributed by atoms with Gasteiger partial charge in [-0.3, -0.25) is 14.5 Å². The molecule has 2 rings (SSSR count). The fourth-order valence-electron chi connectivity index (χ4n) is 1.43. The molecule has 0 radical (unpaired) electrons. The number of hydrogen-bond donors (Lipinski definition) is 1. The summed E-state index contributed by atoms with van der Waals surface area (Å²) in [5.41, 5.74) is 0.100. The minimum absolute atomic E-state index is 0.176. The van der Waals surface area contributed by atoms with Crippen LogP contribution in [0.1, 0.15) is 18.7 Å². The Kier molecular flexibility index (Phi) is 4.24. The third kappa shape index (κ3) is 3.44. The molecule has 1 amide bonds. The molecule has 0 aliphatic rings. The van der Waals surface area contributed by atoms with E-state index in [9.17, 15) is 26.4 Å². The molecule has 0 aliphatic heterocycles. The van der Waals surface area contributed by atoms with Crippen LogP contribution in [0.2, 0.25) is 0 Å². The molecule has 1 N–H and O–H groups in total. The van der Waals surface area contributed by atoms with Crippen molar-refractivity contribution < 1.29 is 26.4 Å². The van der Waals surface area contributed by atoms with Crippen molar-refractivity contribution in [3.05, 3.63) is 29.7 Å². The Morgan fingerprint density at radius 2 is 2.14 bits per heavy atom. The van der Waals surface area contributed by atoms with Gasteiger partial charge in [-0.05, 0) is 13.0 Å². The van der Waals surface area contributed by atoms with Crippen molar-refractivity contribution in [2.75, 3.05) is 0 Å². The lowest BCUT2D eigenvalue weighted by Crippen LogP contribution is -2.35. The van der Waals surface area contributed by atoms with Gasteiger partial charge in [0.15, 0.2) is 9.90 Å². The first kappa shape index (κ1) is 16.4. The molecule has 7 nitrogen and oxygen atoms in total. The summed E-state index contributed by atoms with van der Waals surface area (Å²) in [5.74, 6) is -1.01. The zero-order valence-corrected chi connectivity index (χ0v) is 12.5. The van der Waals surface area contributed by atoms with Crippen molar-refractivity contribution in [2.45, 2.75) is 23.4 Å². The highest BCUT2D eigenvalue weighted by atomic mass is 32.2. The normalized spacial score (nSPS) is 13.8. The van der Waals surface area contributed by atoms with Gasteiger partial charge in [0.2, 0.25) is 0 Å². The number of sulfonamides is 1. The smallest absolute Gasteiger partial charge is 0.272 e. The standard InChI is InChI=1S/C10H9F3N4O3S2/c1-6(17-3-2-7(15-17)10(11,12)13)9(18)16-22(19,20)8-4-14-5-21-8/h2-6H,1H3,(H,16,18). The predicted molar refractivity (Wildman–Crippen MR) is 69.4 cm³/mol. The van der Waals surface area contributed by atoms with E-state index in [0.717, 1.165) is 28.4 Å². The number of nitrogens with one attached hydrogen (secondary N) is 1. The van der Waals surface area contributed by atoms with E-state index in [1.165, 1.54) is 12.4 Å². The molecule has 12 heteroatoms. The van der Waals surface area contributed by atoms with Crippen LogP contribution in [0.25, 0.3) is 0 Å². The summed E-state index contributed by atoms with van der Waals surface area (Å²) >= 11 is 0.802. The van der Waals surface area contributed by atoms with Gasteiger partial charge in [0.1, 0.15) is 6.04 Å². The Morgan fingerprint density at radius 1 is 1.45 bits per heavy atom. The van der Waals surface area contributed by atoms with Crippen LogP contribution in [-0.4, -0.2) is 29.1 Å². The fourth-order valence-corrected chi connectivity index (χ4v) is 3.27. The van der Waals surface area contributed by atoms with Crippen LogP contribution in [0.15, 0.2) is 28.2 Å². The molecule has 0 fully saturated rings. The zero-order chi connectivity index (χ0) is 16.5. The van der Waals surface area contributed by atoms with Crippen molar-refractivity contribution in [1.82, 2.24) is 19.5 Å². The molecular weight excluding hydrogens is 345 g/mol. The van der Waals surface area contributed by atoms with Gasteiger partial charge in [-0.15, -0.1) is 11.3 Å². The van der Waals surface area contributed by atoms with Crippen molar-refractivity contribution in [2.24, 2.45) is 0 Å². The van der Waals surface area contributed by atoms with Crippen LogP contribution in [-0.2, 0) is 21.0 Å². The number of amides is 1. The van der Waals surface area contributed by atoms with Gasteiger partial charge in [0.05, 0.1) is 11.7 Å².